The monoisotopic (exact) mass is 404 g/mol. The Morgan fingerprint density at radius 3 is 2.61 bits per heavy atom. The van der Waals surface area contributed by atoms with Gasteiger partial charge < -0.3 is 24.6 Å². The van der Waals surface area contributed by atoms with Crippen LogP contribution in [-0.4, -0.2) is 38.0 Å². The minimum absolute atomic E-state index is 0.00542. The second-order valence-electron chi connectivity index (χ2n) is 5.62. The lowest BCUT2D eigenvalue weighted by atomic mass is 10.0. The Morgan fingerprint density at radius 1 is 1.32 bits per heavy atom. The molecular formula is C20H21ClN2O5. The van der Waals surface area contributed by atoms with Crippen molar-refractivity contribution in [2.45, 2.75) is 13.0 Å². The summed E-state index contributed by atoms with van der Waals surface area (Å²) < 4.78 is 16.0. The molecule has 0 saturated carbocycles. The van der Waals surface area contributed by atoms with E-state index in [0.29, 0.717) is 22.6 Å². The van der Waals surface area contributed by atoms with Crippen LogP contribution >= 0.6 is 11.6 Å². The minimum atomic E-state index is -0.950. The van der Waals surface area contributed by atoms with Gasteiger partial charge in [0.1, 0.15) is 18.1 Å². The zero-order chi connectivity index (χ0) is 20.5. The second kappa shape index (κ2) is 10.4. The Hall–Kier alpha value is -2.95. The molecule has 2 aromatic carbocycles. The second-order valence-corrected chi connectivity index (χ2v) is 6.03. The Bertz CT molecular complexity index is 849. The number of carbonyl (C=O) groups is 1. The Labute approximate surface area is 168 Å². The SMILES string of the molecule is CCOC(=O)C(Nc1ccc(C#N)cc1)c1cc(OC)cc(Cl)c1OCCO. The van der Waals surface area contributed by atoms with E-state index in [2.05, 4.69) is 5.32 Å². The Balaban J connectivity index is 2.50. The molecule has 8 heteroatoms. The average Bonchev–Trinajstić information content (AvgIpc) is 2.71. The van der Waals surface area contributed by atoms with E-state index in [4.69, 9.17) is 36.2 Å². The van der Waals surface area contributed by atoms with E-state index in [-0.39, 0.29) is 30.6 Å². The highest BCUT2D eigenvalue weighted by atomic mass is 35.5. The number of carbonyl (C=O) groups excluding carboxylic acids is 1. The van der Waals surface area contributed by atoms with Crippen LogP contribution in [0.1, 0.15) is 24.1 Å². The first-order valence-electron chi connectivity index (χ1n) is 8.58. The number of aliphatic hydroxyl groups excluding tert-OH is 1. The molecule has 0 fully saturated rings. The lowest BCUT2D eigenvalue weighted by Crippen LogP contribution is -2.24. The van der Waals surface area contributed by atoms with E-state index in [1.54, 1.807) is 43.3 Å². The van der Waals surface area contributed by atoms with E-state index in [1.165, 1.54) is 7.11 Å². The third kappa shape index (κ3) is 5.28. The standard InChI is InChI=1S/C20H21ClN2O5/c1-3-27-20(25)18(23-14-6-4-13(12-22)5-7-14)16-10-15(26-2)11-17(21)19(16)28-9-8-24/h4-7,10-11,18,23-24H,3,8-9H2,1-2H3. The normalized spacial score (nSPS) is 11.2. The Morgan fingerprint density at radius 2 is 2.04 bits per heavy atom. The van der Waals surface area contributed by atoms with Crippen LogP contribution in [-0.2, 0) is 9.53 Å². The van der Waals surface area contributed by atoms with Crippen LogP contribution in [0.4, 0.5) is 5.69 Å². The average molecular weight is 405 g/mol. The van der Waals surface area contributed by atoms with E-state index in [1.807, 2.05) is 6.07 Å². The van der Waals surface area contributed by atoms with Crippen molar-refractivity contribution in [2.75, 3.05) is 32.2 Å². The van der Waals surface area contributed by atoms with Gasteiger partial charge in [0.15, 0.2) is 6.04 Å². The van der Waals surface area contributed by atoms with Gasteiger partial charge in [-0.15, -0.1) is 0 Å². The molecule has 0 aliphatic rings. The van der Waals surface area contributed by atoms with Gasteiger partial charge in [0.2, 0.25) is 0 Å². The molecule has 0 heterocycles. The number of ether oxygens (including phenoxy) is 3. The maximum atomic E-state index is 12.7. The molecule has 0 saturated heterocycles. The largest absolute Gasteiger partial charge is 0.497 e. The molecule has 2 aromatic rings. The molecule has 1 atom stereocenters. The van der Waals surface area contributed by atoms with Crippen LogP contribution in [0, 0.1) is 11.3 Å². The number of nitrogens with one attached hydrogen (secondary N) is 1. The predicted molar refractivity (Wildman–Crippen MR) is 105 cm³/mol. The predicted octanol–water partition coefficient (Wildman–Crippen LogP) is 3.31. The molecule has 0 bridgehead atoms. The van der Waals surface area contributed by atoms with E-state index < -0.39 is 12.0 Å². The van der Waals surface area contributed by atoms with Gasteiger partial charge in [-0.2, -0.15) is 5.26 Å². The van der Waals surface area contributed by atoms with Crippen molar-refractivity contribution in [3.05, 3.63) is 52.5 Å². The number of aliphatic hydroxyl groups is 1. The summed E-state index contributed by atoms with van der Waals surface area (Å²) >= 11 is 6.31. The fraction of sp³-hybridized carbons (Fsp3) is 0.300. The van der Waals surface area contributed by atoms with Crippen molar-refractivity contribution in [1.82, 2.24) is 0 Å². The number of esters is 1. The first-order valence-corrected chi connectivity index (χ1v) is 8.96. The molecule has 0 aromatic heterocycles. The summed E-state index contributed by atoms with van der Waals surface area (Å²) in [5.41, 5.74) is 1.50. The molecule has 2 rings (SSSR count). The van der Waals surface area contributed by atoms with Gasteiger partial charge in [-0.05, 0) is 37.3 Å². The minimum Gasteiger partial charge on any atom is -0.497 e. The summed E-state index contributed by atoms with van der Waals surface area (Å²) in [6, 6.07) is 10.9. The Kier molecular flexibility index (Phi) is 7.93. The lowest BCUT2D eigenvalue weighted by Gasteiger charge is -2.23. The molecule has 0 spiro atoms. The third-order valence-corrected chi connectivity index (χ3v) is 4.06. The van der Waals surface area contributed by atoms with Gasteiger partial charge in [-0.25, -0.2) is 4.79 Å². The van der Waals surface area contributed by atoms with Crippen LogP contribution in [0.15, 0.2) is 36.4 Å². The molecule has 7 nitrogen and oxygen atoms in total. The number of anilines is 1. The fourth-order valence-electron chi connectivity index (χ4n) is 2.52. The van der Waals surface area contributed by atoms with Crippen molar-refractivity contribution in [3.63, 3.8) is 0 Å². The zero-order valence-corrected chi connectivity index (χ0v) is 16.3. The number of nitrogens with zero attached hydrogens (tertiary/aromatic N) is 1. The molecule has 2 N–H and O–H groups in total. The van der Waals surface area contributed by atoms with Crippen LogP contribution < -0.4 is 14.8 Å². The summed E-state index contributed by atoms with van der Waals surface area (Å²) in [5.74, 6) is 0.146. The number of halogens is 1. The summed E-state index contributed by atoms with van der Waals surface area (Å²) in [4.78, 5) is 12.7. The van der Waals surface area contributed by atoms with Crippen LogP contribution in [0.5, 0.6) is 11.5 Å². The molecule has 148 valence electrons. The number of nitriles is 1. The van der Waals surface area contributed by atoms with E-state index in [0.717, 1.165) is 0 Å². The maximum absolute atomic E-state index is 12.7. The summed E-state index contributed by atoms with van der Waals surface area (Å²) in [6.45, 7) is 1.69. The van der Waals surface area contributed by atoms with Crippen LogP contribution in [0.2, 0.25) is 5.02 Å². The van der Waals surface area contributed by atoms with Crippen molar-refractivity contribution in [2.24, 2.45) is 0 Å². The van der Waals surface area contributed by atoms with Gasteiger partial charge >= 0.3 is 5.97 Å². The lowest BCUT2D eigenvalue weighted by molar-refractivity contribution is -0.144. The highest BCUT2D eigenvalue weighted by Gasteiger charge is 2.28. The first kappa shape index (κ1) is 21.4. The first-order chi connectivity index (χ1) is 13.5. The quantitative estimate of drug-likeness (QED) is 0.618. The number of rotatable bonds is 9. The topological polar surface area (TPSA) is 101 Å². The maximum Gasteiger partial charge on any atom is 0.333 e. The van der Waals surface area contributed by atoms with Gasteiger partial charge in [0, 0.05) is 17.3 Å². The van der Waals surface area contributed by atoms with Crippen molar-refractivity contribution < 1.29 is 24.1 Å². The number of benzene rings is 2. The third-order valence-electron chi connectivity index (χ3n) is 3.78. The number of hydrogen-bond donors (Lipinski definition) is 2. The van der Waals surface area contributed by atoms with E-state index in [9.17, 15) is 4.79 Å². The number of hydrogen-bond acceptors (Lipinski definition) is 7. The summed E-state index contributed by atoms with van der Waals surface area (Å²) in [5, 5.41) is 21.4. The molecule has 0 aliphatic heterocycles. The van der Waals surface area contributed by atoms with Gasteiger partial charge in [0.25, 0.3) is 0 Å². The van der Waals surface area contributed by atoms with E-state index >= 15 is 0 Å². The highest BCUT2D eigenvalue weighted by molar-refractivity contribution is 6.32. The molecule has 1 unspecified atom stereocenters. The molecule has 0 radical (unpaired) electrons. The van der Waals surface area contributed by atoms with Gasteiger partial charge in [0.05, 0.1) is 37.0 Å². The molecule has 28 heavy (non-hydrogen) atoms. The van der Waals surface area contributed by atoms with Crippen LogP contribution in [0.25, 0.3) is 0 Å². The molecular weight excluding hydrogens is 384 g/mol. The zero-order valence-electron chi connectivity index (χ0n) is 15.6. The van der Waals surface area contributed by atoms with Crippen molar-refractivity contribution in [3.8, 4) is 17.6 Å². The molecule has 0 amide bonds. The fourth-order valence-corrected chi connectivity index (χ4v) is 2.79. The van der Waals surface area contributed by atoms with Crippen molar-refractivity contribution in [1.29, 1.82) is 5.26 Å². The summed E-state index contributed by atoms with van der Waals surface area (Å²) in [6.07, 6.45) is 0. The van der Waals surface area contributed by atoms with Crippen LogP contribution in [0.3, 0.4) is 0 Å². The highest BCUT2D eigenvalue weighted by Crippen LogP contribution is 2.38. The smallest absolute Gasteiger partial charge is 0.333 e. The van der Waals surface area contributed by atoms with Crippen molar-refractivity contribution >= 4 is 23.3 Å². The molecule has 0 aliphatic carbocycles. The van der Waals surface area contributed by atoms with Gasteiger partial charge in [-0.1, -0.05) is 11.6 Å². The van der Waals surface area contributed by atoms with Gasteiger partial charge in [-0.3, -0.25) is 0 Å². The number of methoxy groups -OCH3 is 1. The summed E-state index contributed by atoms with van der Waals surface area (Å²) in [7, 11) is 1.48.